The van der Waals surface area contributed by atoms with Crippen LogP contribution in [0.15, 0.2) is 30.7 Å². The fraction of sp³-hybridized carbons (Fsp3) is 0.471. The number of aliphatic hydroxyl groups excluding tert-OH is 1. The third-order valence-electron chi connectivity index (χ3n) is 3.77. The molecule has 0 saturated heterocycles. The van der Waals surface area contributed by atoms with Gasteiger partial charge < -0.3 is 14.4 Å². The van der Waals surface area contributed by atoms with E-state index in [1.54, 1.807) is 29.4 Å². The lowest BCUT2D eigenvalue weighted by Crippen LogP contribution is -2.41. The van der Waals surface area contributed by atoms with Crippen LogP contribution in [-0.2, 0) is 17.8 Å². The summed E-state index contributed by atoms with van der Waals surface area (Å²) in [6.45, 7) is 7.10. The Kier molecular flexibility index (Phi) is 4.28. The molecule has 0 aliphatic carbocycles. The van der Waals surface area contributed by atoms with Crippen molar-refractivity contribution in [3.63, 3.8) is 0 Å². The van der Waals surface area contributed by atoms with Crippen molar-refractivity contribution in [2.75, 3.05) is 6.54 Å². The van der Waals surface area contributed by atoms with Crippen LogP contribution in [0.2, 0.25) is 0 Å². The van der Waals surface area contributed by atoms with Crippen LogP contribution in [0.25, 0.3) is 0 Å². The van der Waals surface area contributed by atoms with Crippen molar-refractivity contribution >= 4 is 6.09 Å². The van der Waals surface area contributed by atoms with E-state index in [0.717, 1.165) is 11.4 Å². The molecule has 2 aromatic rings. The number of aliphatic hydroxyl groups is 1. The Morgan fingerprint density at radius 3 is 2.67 bits per heavy atom. The quantitative estimate of drug-likeness (QED) is 0.912. The highest BCUT2D eigenvalue weighted by Crippen LogP contribution is 2.23. The van der Waals surface area contributed by atoms with Gasteiger partial charge in [-0.1, -0.05) is 0 Å². The van der Waals surface area contributed by atoms with Crippen molar-refractivity contribution in [2.24, 2.45) is 0 Å². The van der Waals surface area contributed by atoms with Gasteiger partial charge in [0.15, 0.2) is 0 Å². The number of ether oxygens (including phenoxy) is 1. The van der Waals surface area contributed by atoms with E-state index in [4.69, 9.17) is 4.74 Å². The first-order valence-corrected chi connectivity index (χ1v) is 7.95. The topological polar surface area (TPSA) is 80.5 Å². The number of hydrogen-bond acceptors (Lipinski definition) is 5. The number of pyridine rings is 1. The maximum atomic E-state index is 12.2. The van der Waals surface area contributed by atoms with E-state index < -0.39 is 11.7 Å². The normalized spacial score (nSPS) is 15.8. The van der Waals surface area contributed by atoms with E-state index in [9.17, 15) is 9.90 Å². The first-order chi connectivity index (χ1) is 11.3. The molecular formula is C17H22N4O3. The second-order valence-electron chi connectivity index (χ2n) is 6.86. The highest BCUT2D eigenvalue weighted by molar-refractivity contribution is 5.68. The number of aromatic nitrogens is 3. The number of carbonyl (C=O) groups is 1. The summed E-state index contributed by atoms with van der Waals surface area (Å²) >= 11 is 0. The van der Waals surface area contributed by atoms with Crippen molar-refractivity contribution < 1.29 is 14.6 Å². The van der Waals surface area contributed by atoms with Crippen molar-refractivity contribution in [3.05, 3.63) is 47.8 Å². The van der Waals surface area contributed by atoms with Crippen molar-refractivity contribution in [3.8, 4) is 0 Å². The summed E-state index contributed by atoms with van der Waals surface area (Å²) in [6.07, 6.45) is 3.97. The van der Waals surface area contributed by atoms with E-state index in [1.165, 1.54) is 0 Å². The van der Waals surface area contributed by atoms with Crippen LogP contribution >= 0.6 is 0 Å². The lowest BCUT2D eigenvalue weighted by atomic mass is 10.1. The number of rotatable bonds is 2. The zero-order chi connectivity index (χ0) is 17.3. The maximum absolute atomic E-state index is 12.2. The Balaban J connectivity index is 1.74. The molecule has 24 heavy (non-hydrogen) atoms. The molecule has 1 aliphatic rings. The molecule has 3 rings (SSSR count). The Morgan fingerprint density at radius 1 is 1.29 bits per heavy atom. The smallest absolute Gasteiger partial charge is 0.410 e. The fourth-order valence-electron chi connectivity index (χ4n) is 2.60. The molecule has 3 heterocycles. The van der Waals surface area contributed by atoms with Gasteiger partial charge in [0.2, 0.25) is 0 Å². The molecule has 0 radical (unpaired) electrons. The first-order valence-electron chi connectivity index (χ1n) is 7.95. The maximum Gasteiger partial charge on any atom is 0.410 e. The summed E-state index contributed by atoms with van der Waals surface area (Å²) in [5.41, 5.74) is 0.791. The lowest BCUT2D eigenvalue weighted by molar-refractivity contribution is 0.0195. The molecule has 1 aliphatic heterocycles. The third-order valence-corrected chi connectivity index (χ3v) is 3.77. The molecule has 1 amide bonds. The largest absolute Gasteiger partial charge is 0.444 e. The van der Waals surface area contributed by atoms with Gasteiger partial charge in [-0.15, -0.1) is 0 Å². The van der Waals surface area contributed by atoms with E-state index in [2.05, 4.69) is 9.97 Å². The number of nitrogens with zero attached hydrogens (tertiary/aromatic N) is 4. The van der Waals surface area contributed by atoms with Gasteiger partial charge in [0.05, 0.1) is 12.2 Å². The molecule has 2 aromatic heterocycles. The lowest BCUT2D eigenvalue weighted by Gasteiger charge is -2.30. The summed E-state index contributed by atoms with van der Waals surface area (Å²) < 4.78 is 7.38. The molecule has 1 N–H and O–H groups in total. The minimum Gasteiger partial charge on any atom is -0.444 e. The molecule has 0 saturated carbocycles. The van der Waals surface area contributed by atoms with Crippen molar-refractivity contribution in [2.45, 2.75) is 45.6 Å². The minimum absolute atomic E-state index is 0.340. The van der Waals surface area contributed by atoms with Gasteiger partial charge in [0, 0.05) is 31.7 Å². The van der Waals surface area contributed by atoms with Gasteiger partial charge >= 0.3 is 6.09 Å². The summed E-state index contributed by atoms with van der Waals surface area (Å²) in [5.74, 6) is 0.746. The predicted octanol–water partition coefficient (Wildman–Crippen LogP) is 2.11. The standard InChI is InChI=1S/C17H22N4O3/c1-17(2,3)24-16(23)21-9-8-20-10-13(19-14(20)11-21)15(22)12-4-6-18-7-5-12/h4-7,10,15,22H,8-9,11H2,1-3H3. The molecule has 0 spiro atoms. The van der Waals surface area contributed by atoms with Crippen LogP contribution in [0.1, 0.15) is 44.0 Å². The van der Waals surface area contributed by atoms with Crippen molar-refractivity contribution in [1.82, 2.24) is 19.4 Å². The Hall–Kier alpha value is -2.41. The first kappa shape index (κ1) is 16.4. The average molecular weight is 330 g/mol. The van der Waals surface area contributed by atoms with Gasteiger partial charge in [0.1, 0.15) is 17.5 Å². The fourth-order valence-corrected chi connectivity index (χ4v) is 2.60. The highest BCUT2D eigenvalue weighted by Gasteiger charge is 2.27. The zero-order valence-electron chi connectivity index (χ0n) is 14.1. The van der Waals surface area contributed by atoms with E-state index in [-0.39, 0.29) is 6.09 Å². The Morgan fingerprint density at radius 2 is 2.00 bits per heavy atom. The van der Waals surface area contributed by atoms with Crippen molar-refractivity contribution in [1.29, 1.82) is 0 Å². The van der Waals surface area contributed by atoms with Crippen LogP contribution in [0.5, 0.6) is 0 Å². The number of imidazole rings is 1. The number of amides is 1. The van der Waals surface area contributed by atoms with E-state index >= 15 is 0 Å². The molecule has 7 heteroatoms. The Bertz CT molecular complexity index is 721. The molecule has 1 atom stereocenters. The van der Waals surface area contributed by atoms with E-state index in [0.29, 0.717) is 25.3 Å². The van der Waals surface area contributed by atoms with Crippen LogP contribution in [-0.4, -0.2) is 42.8 Å². The zero-order valence-corrected chi connectivity index (χ0v) is 14.1. The highest BCUT2D eigenvalue weighted by atomic mass is 16.6. The summed E-state index contributed by atoms with van der Waals surface area (Å²) in [5, 5.41) is 10.5. The van der Waals surface area contributed by atoms with Gasteiger partial charge in [-0.05, 0) is 38.5 Å². The van der Waals surface area contributed by atoms with Crippen LogP contribution in [0, 0.1) is 0 Å². The second kappa shape index (κ2) is 6.24. The summed E-state index contributed by atoms with van der Waals surface area (Å²) in [6, 6.07) is 3.52. The average Bonchev–Trinajstić information content (AvgIpc) is 2.96. The number of hydrogen-bond donors (Lipinski definition) is 1. The van der Waals surface area contributed by atoms with Crippen LogP contribution in [0.3, 0.4) is 0 Å². The van der Waals surface area contributed by atoms with Crippen LogP contribution in [0.4, 0.5) is 4.79 Å². The molecule has 0 aromatic carbocycles. The summed E-state index contributed by atoms with van der Waals surface area (Å²) in [7, 11) is 0. The van der Waals surface area contributed by atoms with Crippen LogP contribution < -0.4 is 0 Å². The SMILES string of the molecule is CC(C)(C)OC(=O)N1CCn2cc(C(O)c3ccncc3)nc2C1. The molecule has 0 bridgehead atoms. The minimum atomic E-state index is -0.805. The Labute approximate surface area is 140 Å². The molecule has 0 fully saturated rings. The second-order valence-corrected chi connectivity index (χ2v) is 6.86. The molecule has 1 unspecified atom stereocenters. The summed E-state index contributed by atoms with van der Waals surface area (Å²) in [4.78, 5) is 22.3. The van der Waals surface area contributed by atoms with Gasteiger partial charge in [-0.25, -0.2) is 9.78 Å². The molecular weight excluding hydrogens is 308 g/mol. The van der Waals surface area contributed by atoms with E-state index in [1.807, 2.05) is 31.5 Å². The molecule has 128 valence electrons. The third kappa shape index (κ3) is 3.56. The van der Waals surface area contributed by atoms with Gasteiger partial charge in [-0.3, -0.25) is 9.88 Å². The molecule has 7 nitrogen and oxygen atoms in total. The number of carbonyl (C=O) groups excluding carboxylic acids is 1. The monoisotopic (exact) mass is 330 g/mol. The van der Waals surface area contributed by atoms with Gasteiger partial charge in [0.25, 0.3) is 0 Å². The number of fused-ring (bicyclic) bond motifs is 1. The predicted molar refractivity (Wildman–Crippen MR) is 87.2 cm³/mol. The van der Waals surface area contributed by atoms with Gasteiger partial charge in [-0.2, -0.15) is 0 Å².